The lowest BCUT2D eigenvalue weighted by atomic mass is 10.00. The van der Waals surface area contributed by atoms with Gasteiger partial charge in [0.25, 0.3) is 0 Å². The molecule has 0 spiro atoms. The fourth-order valence-corrected chi connectivity index (χ4v) is 4.81. The lowest BCUT2D eigenvalue weighted by Gasteiger charge is -2.29. The number of Topliss-reactive ketones (excluding diaryl/α,β-unsaturated/α-hetero) is 1. The third-order valence-corrected chi connectivity index (χ3v) is 6.41. The molecule has 0 unspecified atom stereocenters. The normalized spacial score (nSPS) is 16.7. The minimum Gasteiger partial charge on any atom is -0.477 e. The Morgan fingerprint density at radius 3 is 2.82 bits per heavy atom. The van der Waals surface area contributed by atoms with Gasteiger partial charge in [0.15, 0.2) is 5.76 Å². The van der Waals surface area contributed by atoms with Crippen molar-refractivity contribution in [2.24, 2.45) is 0 Å². The van der Waals surface area contributed by atoms with Crippen molar-refractivity contribution in [3.8, 4) is 11.5 Å². The van der Waals surface area contributed by atoms with Crippen molar-refractivity contribution in [3.63, 3.8) is 0 Å². The molecule has 4 aromatic rings. The first kappa shape index (κ1) is 19.9. The molecule has 2 aromatic carbocycles. The lowest BCUT2D eigenvalue weighted by molar-refractivity contribution is 0.0813. The fourth-order valence-electron chi connectivity index (χ4n) is 4.81. The van der Waals surface area contributed by atoms with Crippen molar-refractivity contribution in [2.75, 3.05) is 6.73 Å². The second-order valence-corrected chi connectivity index (χ2v) is 8.53. The average molecular weight is 440 g/mol. The summed E-state index contributed by atoms with van der Waals surface area (Å²) < 4.78 is 19.8. The van der Waals surface area contributed by atoms with Crippen LogP contribution in [0.4, 0.5) is 0 Å². The molecule has 0 fully saturated rings. The monoisotopic (exact) mass is 440 g/mol. The van der Waals surface area contributed by atoms with E-state index < -0.39 is 0 Å². The lowest BCUT2D eigenvalue weighted by Crippen LogP contribution is -2.31. The van der Waals surface area contributed by atoms with Crippen LogP contribution in [0.3, 0.4) is 0 Å². The van der Waals surface area contributed by atoms with E-state index in [1.165, 1.54) is 0 Å². The number of fused-ring (bicyclic) bond motifs is 3. The Morgan fingerprint density at radius 1 is 1.12 bits per heavy atom. The molecule has 166 valence electrons. The van der Waals surface area contributed by atoms with Gasteiger partial charge in [-0.25, -0.2) is 0 Å². The molecule has 2 aliphatic heterocycles. The molecule has 6 nitrogen and oxygen atoms in total. The number of hydrogen-bond donors (Lipinski definition) is 0. The largest absolute Gasteiger partial charge is 0.477 e. The molecule has 33 heavy (non-hydrogen) atoms. The topological polar surface area (TPSA) is 56.8 Å². The number of ketones is 1. The Hall–Kier alpha value is -3.77. The first-order valence-corrected chi connectivity index (χ1v) is 11.2. The van der Waals surface area contributed by atoms with Gasteiger partial charge in [0, 0.05) is 46.9 Å². The first-order valence-electron chi connectivity index (χ1n) is 11.2. The van der Waals surface area contributed by atoms with Gasteiger partial charge in [-0.1, -0.05) is 18.2 Å². The van der Waals surface area contributed by atoms with Crippen molar-refractivity contribution < 1.29 is 18.7 Å². The Bertz CT molecular complexity index is 1410. The van der Waals surface area contributed by atoms with Gasteiger partial charge in [0.1, 0.15) is 24.0 Å². The van der Waals surface area contributed by atoms with Crippen LogP contribution in [0.15, 0.2) is 65.1 Å². The van der Waals surface area contributed by atoms with Gasteiger partial charge in [-0.05, 0) is 44.2 Å². The number of carbonyl (C=O) groups excluding carboxylic acids is 1. The van der Waals surface area contributed by atoms with Crippen molar-refractivity contribution in [1.82, 2.24) is 9.47 Å². The molecule has 0 saturated carbocycles. The maximum atomic E-state index is 13.3. The van der Waals surface area contributed by atoms with Crippen LogP contribution < -0.4 is 9.47 Å². The molecule has 0 atom stereocenters. The molecule has 4 heterocycles. The van der Waals surface area contributed by atoms with Gasteiger partial charge in [0.05, 0.1) is 18.4 Å². The predicted octanol–water partition coefficient (Wildman–Crippen LogP) is 5.53. The summed E-state index contributed by atoms with van der Waals surface area (Å²) in [6.45, 7) is 6.72. The van der Waals surface area contributed by atoms with Crippen molar-refractivity contribution in [1.29, 1.82) is 0 Å². The molecular formula is C27H24N2O4. The van der Waals surface area contributed by atoms with E-state index in [1.807, 2.05) is 43.3 Å². The number of allylic oxidation sites excluding steroid dienone is 1. The molecule has 6 rings (SSSR count). The standard InChI is InChI=1S/C27H24N2O4/c1-3-29-14-18(21-8-4-5-9-23(21)29)12-24-25(30)22-11-19-13-28(15-20-7-6-10-31-20)16-32-26(19)17(2)27(22)33-24/h4-12,14H,3,13,15-16H2,1-2H3/b24-12-. The summed E-state index contributed by atoms with van der Waals surface area (Å²) in [6, 6.07) is 14.0. The summed E-state index contributed by atoms with van der Waals surface area (Å²) in [6.07, 6.45) is 5.61. The van der Waals surface area contributed by atoms with Crippen LogP contribution in [0.25, 0.3) is 17.0 Å². The van der Waals surface area contributed by atoms with Crippen molar-refractivity contribution >= 4 is 22.8 Å². The Kier molecular flexibility index (Phi) is 4.62. The summed E-state index contributed by atoms with van der Waals surface area (Å²) in [5, 5.41) is 1.10. The highest BCUT2D eigenvalue weighted by Crippen LogP contribution is 2.43. The van der Waals surface area contributed by atoms with E-state index in [4.69, 9.17) is 13.9 Å². The van der Waals surface area contributed by atoms with E-state index in [2.05, 4.69) is 34.7 Å². The number of ether oxygens (including phenoxy) is 2. The molecule has 0 amide bonds. The van der Waals surface area contributed by atoms with Crippen LogP contribution in [0.2, 0.25) is 0 Å². The van der Waals surface area contributed by atoms with Crippen LogP contribution in [0.5, 0.6) is 11.5 Å². The van der Waals surface area contributed by atoms with Crippen LogP contribution in [0.1, 0.15) is 39.7 Å². The number of para-hydroxylation sites is 1. The second-order valence-electron chi connectivity index (χ2n) is 8.53. The Balaban J connectivity index is 1.34. The van der Waals surface area contributed by atoms with Gasteiger partial charge in [0.2, 0.25) is 5.78 Å². The molecular weight excluding hydrogens is 416 g/mol. The molecule has 0 saturated heterocycles. The molecule has 2 aliphatic rings. The van der Waals surface area contributed by atoms with E-state index >= 15 is 0 Å². The summed E-state index contributed by atoms with van der Waals surface area (Å²) in [5.74, 6) is 2.55. The van der Waals surface area contributed by atoms with E-state index in [9.17, 15) is 4.79 Å². The maximum absolute atomic E-state index is 13.3. The highest BCUT2D eigenvalue weighted by atomic mass is 16.5. The Morgan fingerprint density at radius 2 is 2.00 bits per heavy atom. The van der Waals surface area contributed by atoms with E-state index in [0.29, 0.717) is 36.9 Å². The minimum atomic E-state index is -0.0904. The quantitative estimate of drug-likeness (QED) is 0.391. The van der Waals surface area contributed by atoms with Crippen LogP contribution in [-0.4, -0.2) is 22.0 Å². The Labute approximate surface area is 191 Å². The highest BCUT2D eigenvalue weighted by molar-refractivity contribution is 6.15. The number of benzene rings is 2. The molecule has 0 radical (unpaired) electrons. The minimum absolute atomic E-state index is 0.0904. The molecule has 0 aliphatic carbocycles. The van der Waals surface area contributed by atoms with E-state index in [-0.39, 0.29) is 5.78 Å². The molecule has 6 heteroatoms. The number of carbonyl (C=O) groups is 1. The average Bonchev–Trinajstić information content (AvgIpc) is 3.54. The maximum Gasteiger partial charge on any atom is 0.231 e. The zero-order valence-corrected chi connectivity index (χ0v) is 18.6. The smallest absolute Gasteiger partial charge is 0.231 e. The first-order chi connectivity index (χ1) is 16.1. The summed E-state index contributed by atoms with van der Waals surface area (Å²) in [4.78, 5) is 15.5. The number of aromatic nitrogens is 1. The van der Waals surface area contributed by atoms with E-state index in [1.54, 1.807) is 6.26 Å². The second kappa shape index (κ2) is 7.67. The van der Waals surface area contributed by atoms with Crippen LogP contribution in [0, 0.1) is 6.92 Å². The van der Waals surface area contributed by atoms with Gasteiger partial charge in [-0.15, -0.1) is 0 Å². The zero-order valence-electron chi connectivity index (χ0n) is 18.6. The highest BCUT2D eigenvalue weighted by Gasteiger charge is 2.34. The van der Waals surface area contributed by atoms with Crippen molar-refractivity contribution in [3.05, 3.63) is 88.7 Å². The summed E-state index contributed by atoms with van der Waals surface area (Å²) in [5.41, 5.74) is 4.58. The number of nitrogens with zero attached hydrogens (tertiary/aromatic N) is 2. The molecule has 0 bridgehead atoms. The third kappa shape index (κ3) is 3.26. The van der Waals surface area contributed by atoms with Crippen molar-refractivity contribution in [2.45, 2.75) is 33.5 Å². The van der Waals surface area contributed by atoms with Gasteiger partial charge >= 0.3 is 0 Å². The van der Waals surface area contributed by atoms with E-state index in [0.717, 1.165) is 45.6 Å². The zero-order chi connectivity index (χ0) is 22.5. The number of hydrogen-bond acceptors (Lipinski definition) is 5. The number of rotatable bonds is 4. The number of aryl methyl sites for hydroxylation is 1. The van der Waals surface area contributed by atoms with Gasteiger partial charge < -0.3 is 18.5 Å². The SMILES string of the molecule is CCn1cc(/C=C2\Oc3c(cc4c(c3C)OCN(Cc3ccco3)C4)C2=O)c2ccccc21. The predicted molar refractivity (Wildman–Crippen MR) is 125 cm³/mol. The summed E-state index contributed by atoms with van der Waals surface area (Å²) in [7, 11) is 0. The van der Waals surface area contributed by atoms with Gasteiger partial charge in [-0.2, -0.15) is 0 Å². The molecule has 2 aromatic heterocycles. The van der Waals surface area contributed by atoms with Crippen LogP contribution in [-0.2, 0) is 19.6 Å². The van der Waals surface area contributed by atoms with Gasteiger partial charge in [-0.3, -0.25) is 9.69 Å². The third-order valence-electron chi connectivity index (χ3n) is 6.41. The molecule has 0 N–H and O–H groups in total. The summed E-state index contributed by atoms with van der Waals surface area (Å²) >= 11 is 0. The van der Waals surface area contributed by atoms with Crippen LogP contribution >= 0.6 is 0 Å². The fraction of sp³-hybridized carbons (Fsp3) is 0.222. The number of furan rings is 1.